The molecule has 1 aliphatic heterocycles. The van der Waals surface area contributed by atoms with Crippen LogP contribution in [0, 0.1) is 0 Å². The summed E-state index contributed by atoms with van der Waals surface area (Å²) >= 11 is 0. The van der Waals surface area contributed by atoms with Crippen LogP contribution in [0.4, 0.5) is 0 Å². The van der Waals surface area contributed by atoms with Crippen molar-refractivity contribution in [1.82, 2.24) is 0 Å². The van der Waals surface area contributed by atoms with E-state index in [-0.39, 0.29) is 12.7 Å². The molecule has 0 saturated heterocycles. The van der Waals surface area contributed by atoms with Crippen LogP contribution in [0.25, 0.3) is 0 Å². The Hall–Kier alpha value is -2.08. The monoisotopic (exact) mass is 296 g/mol. The highest BCUT2D eigenvalue weighted by molar-refractivity contribution is 5.66. The van der Waals surface area contributed by atoms with Crippen LogP contribution in [0.2, 0.25) is 0 Å². The molecule has 1 aliphatic rings. The summed E-state index contributed by atoms with van der Waals surface area (Å²) in [7, 11) is 0. The maximum Gasteiger partial charge on any atom is 0.303 e. The van der Waals surface area contributed by atoms with Crippen molar-refractivity contribution >= 4 is 11.9 Å². The van der Waals surface area contributed by atoms with Crippen molar-refractivity contribution in [2.75, 3.05) is 6.61 Å². The molecule has 3 atom stereocenters. The topological polar surface area (TPSA) is 82.1 Å². The van der Waals surface area contributed by atoms with Gasteiger partial charge in [0.1, 0.15) is 24.9 Å². The summed E-state index contributed by atoms with van der Waals surface area (Å²) < 4.78 is 15.1. The third kappa shape index (κ3) is 7.31. The van der Waals surface area contributed by atoms with E-state index in [1.165, 1.54) is 19.9 Å². The van der Waals surface area contributed by atoms with Gasteiger partial charge >= 0.3 is 11.9 Å². The Balaban J connectivity index is 2.63. The predicted octanol–water partition coefficient (Wildman–Crippen LogP) is 1.26. The maximum atomic E-state index is 11.1. The highest BCUT2D eigenvalue weighted by atomic mass is 16.6. The zero-order valence-electron chi connectivity index (χ0n) is 12.1. The van der Waals surface area contributed by atoms with Crippen LogP contribution < -0.4 is 0 Å². The fraction of sp³-hybridized carbons (Fsp3) is 0.467. The van der Waals surface area contributed by atoms with E-state index in [9.17, 15) is 14.7 Å². The fourth-order valence-electron chi connectivity index (χ4n) is 1.63. The molecule has 1 unspecified atom stereocenters. The molecule has 0 aromatic carbocycles. The zero-order chi connectivity index (χ0) is 15.7. The van der Waals surface area contributed by atoms with Crippen LogP contribution in [0.3, 0.4) is 0 Å². The lowest BCUT2D eigenvalue weighted by molar-refractivity contribution is -0.154. The summed E-state index contributed by atoms with van der Waals surface area (Å²) in [5.74, 6) is -1.05. The van der Waals surface area contributed by atoms with Crippen molar-refractivity contribution in [2.45, 2.75) is 38.6 Å². The minimum Gasteiger partial charge on any atom is -0.494 e. The third-order valence-electron chi connectivity index (χ3n) is 2.60. The average molecular weight is 296 g/mol. The quantitative estimate of drug-likeness (QED) is 0.587. The maximum absolute atomic E-state index is 11.1. The van der Waals surface area contributed by atoms with Crippen LogP contribution in [-0.4, -0.2) is 42.0 Å². The molecule has 0 bridgehead atoms. The molecule has 6 heteroatoms. The first-order chi connectivity index (χ1) is 9.99. The number of hydrogen-bond acceptors (Lipinski definition) is 6. The van der Waals surface area contributed by atoms with E-state index >= 15 is 0 Å². The van der Waals surface area contributed by atoms with E-state index in [0.29, 0.717) is 6.42 Å². The summed E-state index contributed by atoms with van der Waals surface area (Å²) in [6, 6.07) is 0. The first kappa shape index (κ1) is 17.0. The van der Waals surface area contributed by atoms with Crippen LogP contribution in [0.1, 0.15) is 20.3 Å². The second-order valence-electron chi connectivity index (χ2n) is 4.50. The van der Waals surface area contributed by atoms with Crippen LogP contribution in [-0.2, 0) is 23.8 Å². The molecule has 1 heterocycles. The van der Waals surface area contributed by atoms with Crippen LogP contribution in [0.5, 0.6) is 0 Å². The molecule has 1 rings (SSSR count). The molecule has 0 aromatic rings. The van der Waals surface area contributed by atoms with Crippen molar-refractivity contribution < 1.29 is 28.9 Å². The summed E-state index contributed by atoms with van der Waals surface area (Å²) in [4.78, 5) is 21.8. The SMILES string of the molecule is CC(=O)OC[C@@H](O)[C@H](/C=C/C1CC=CC=CO1)OC(C)=O. The van der Waals surface area contributed by atoms with Gasteiger partial charge in [-0.15, -0.1) is 0 Å². The summed E-state index contributed by atoms with van der Waals surface area (Å²) in [6.07, 6.45) is 8.80. The molecule has 1 N–H and O–H groups in total. The van der Waals surface area contributed by atoms with Gasteiger partial charge in [0.05, 0.1) is 6.26 Å². The first-order valence-corrected chi connectivity index (χ1v) is 6.63. The molecule has 0 aromatic heterocycles. The summed E-state index contributed by atoms with van der Waals surface area (Å²) in [5, 5.41) is 9.92. The molecule has 0 saturated carbocycles. The van der Waals surface area contributed by atoms with E-state index in [4.69, 9.17) is 14.2 Å². The van der Waals surface area contributed by atoms with Crippen LogP contribution in [0.15, 0.2) is 36.6 Å². The van der Waals surface area contributed by atoms with Gasteiger partial charge in [0.2, 0.25) is 0 Å². The number of allylic oxidation sites excluding steroid dienone is 2. The van der Waals surface area contributed by atoms with E-state index < -0.39 is 24.1 Å². The lowest BCUT2D eigenvalue weighted by atomic mass is 10.1. The standard InChI is InChI=1S/C15H20O6/c1-11(16)20-10-14(18)15(21-12(2)17)8-7-13-6-4-3-5-9-19-13/h3-5,7-9,13-15,18H,6,10H2,1-2H3/b8-7+/t13?,14-,15+/m1/s1. The Morgan fingerprint density at radius 1 is 1.38 bits per heavy atom. The number of esters is 2. The molecule has 0 amide bonds. The highest BCUT2D eigenvalue weighted by Crippen LogP contribution is 2.10. The van der Waals surface area contributed by atoms with Crippen molar-refractivity contribution in [3.8, 4) is 0 Å². The van der Waals surface area contributed by atoms with Crippen molar-refractivity contribution in [1.29, 1.82) is 0 Å². The van der Waals surface area contributed by atoms with Gasteiger partial charge in [0.15, 0.2) is 0 Å². The Labute approximate surface area is 123 Å². The zero-order valence-corrected chi connectivity index (χ0v) is 12.1. The molecule has 21 heavy (non-hydrogen) atoms. The van der Waals surface area contributed by atoms with Gasteiger partial charge in [-0.2, -0.15) is 0 Å². The smallest absolute Gasteiger partial charge is 0.303 e. The molecule has 0 aliphatic carbocycles. The van der Waals surface area contributed by atoms with E-state index in [2.05, 4.69) is 0 Å². The number of aliphatic hydroxyl groups excluding tert-OH is 1. The van der Waals surface area contributed by atoms with Gasteiger partial charge in [-0.05, 0) is 18.2 Å². The lowest BCUT2D eigenvalue weighted by Crippen LogP contribution is -2.33. The number of rotatable bonds is 6. The number of carbonyl (C=O) groups is 2. The largest absolute Gasteiger partial charge is 0.494 e. The second kappa shape index (κ2) is 8.97. The summed E-state index contributed by atoms with van der Waals surface area (Å²) in [5.41, 5.74) is 0. The Morgan fingerprint density at radius 2 is 2.14 bits per heavy atom. The van der Waals surface area contributed by atoms with Gasteiger partial charge in [0.25, 0.3) is 0 Å². The number of aliphatic hydroxyl groups is 1. The summed E-state index contributed by atoms with van der Waals surface area (Å²) in [6.45, 7) is 2.23. The number of carbonyl (C=O) groups excluding carboxylic acids is 2. The van der Waals surface area contributed by atoms with Gasteiger partial charge in [0, 0.05) is 20.3 Å². The fourth-order valence-corrected chi connectivity index (χ4v) is 1.63. The van der Waals surface area contributed by atoms with Crippen molar-refractivity contribution in [3.05, 3.63) is 36.6 Å². The molecule has 0 radical (unpaired) electrons. The Bertz CT molecular complexity index is 423. The van der Waals surface area contributed by atoms with Gasteiger partial charge < -0.3 is 19.3 Å². The van der Waals surface area contributed by atoms with Crippen LogP contribution >= 0.6 is 0 Å². The normalized spacial score (nSPS) is 20.4. The molecule has 116 valence electrons. The van der Waals surface area contributed by atoms with E-state index in [0.717, 1.165) is 0 Å². The lowest BCUT2D eigenvalue weighted by Gasteiger charge is -2.20. The van der Waals surface area contributed by atoms with Gasteiger partial charge in [-0.1, -0.05) is 12.2 Å². The number of hydrogen-bond donors (Lipinski definition) is 1. The Kier molecular flexibility index (Phi) is 7.25. The molecular weight excluding hydrogens is 276 g/mol. The second-order valence-corrected chi connectivity index (χ2v) is 4.50. The average Bonchev–Trinajstić information content (AvgIpc) is 2.69. The first-order valence-electron chi connectivity index (χ1n) is 6.63. The minimum absolute atomic E-state index is 0.209. The van der Waals surface area contributed by atoms with Crippen molar-refractivity contribution in [3.63, 3.8) is 0 Å². The third-order valence-corrected chi connectivity index (χ3v) is 2.60. The van der Waals surface area contributed by atoms with Crippen molar-refractivity contribution in [2.24, 2.45) is 0 Å². The van der Waals surface area contributed by atoms with Gasteiger partial charge in [-0.3, -0.25) is 9.59 Å². The highest BCUT2D eigenvalue weighted by Gasteiger charge is 2.21. The Morgan fingerprint density at radius 3 is 2.81 bits per heavy atom. The molecule has 0 spiro atoms. The predicted molar refractivity (Wildman–Crippen MR) is 75.1 cm³/mol. The van der Waals surface area contributed by atoms with Gasteiger partial charge in [-0.25, -0.2) is 0 Å². The number of ether oxygens (including phenoxy) is 3. The molecule has 6 nitrogen and oxygen atoms in total. The molecule has 0 fully saturated rings. The minimum atomic E-state index is -1.13. The molecular formula is C15H20O6. The van der Waals surface area contributed by atoms with E-state index in [1.807, 2.05) is 12.2 Å². The van der Waals surface area contributed by atoms with E-state index in [1.54, 1.807) is 18.4 Å².